The van der Waals surface area contributed by atoms with E-state index < -0.39 is 53.7 Å². The first-order chi connectivity index (χ1) is 23.4. The lowest BCUT2D eigenvalue weighted by atomic mass is 9.79. The molecule has 5 rings (SSSR count). The van der Waals surface area contributed by atoms with Crippen LogP contribution in [0.4, 0.5) is 0 Å². The highest BCUT2D eigenvalue weighted by molar-refractivity contribution is 7.13. The highest BCUT2D eigenvalue weighted by Gasteiger charge is 2.51. The molecule has 50 heavy (non-hydrogen) atoms. The number of β-amino-alcohol motifs (C(OH)–C–C–N with tert-alkyl or cyclic N) is 1. The molecule has 0 aliphatic carbocycles. The van der Waals surface area contributed by atoms with Crippen LogP contribution in [-0.2, 0) is 23.7 Å². The fourth-order valence-electron chi connectivity index (χ4n) is 6.07. The molecular weight excluding hydrogens is 655 g/mol. The van der Waals surface area contributed by atoms with Gasteiger partial charge in [-0.15, -0.1) is 11.3 Å². The van der Waals surface area contributed by atoms with Gasteiger partial charge in [-0.25, -0.2) is 4.98 Å². The van der Waals surface area contributed by atoms with Gasteiger partial charge in [-0.05, 0) is 75.7 Å². The number of aromatic nitrogens is 1. The molecule has 4 atom stereocenters. The molecule has 3 N–H and O–H groups in total. The second-order valence-electron chi connectivity index (χ2n) is 15.3. The van der Waals surface area contributed by atoms with Crippen LogP contribution in [0.25, 0.3) is 10.4 Å². The molecule has 0 spiro atoms. The van der Waals surface area contributed by atoms with Crippen molar-refractivity contribution in [3.8, 4) is 16.2 Å². The van der Waals surface area contributed by atoms with E-state index in [4.69, 9.17) is 14.0 Å². The first-order valence-electron chi connectivity index (χ1n) is 17.0. The van der Waals surface area contributed by atoms with Gasteiger partial charge in [0, 0.05) is 13.0 Å². The number of carbonyl (C=O) groups is 3. The van der Waals surface area contributed by atoms with Crippen molar-refractivity contribution in [1.29, 1.82) is 0 Å². The first kappa shape index (κ1) is 37.5. The van der Waals surface area contributed by atoms with Crippen molar-refractivity contribution in [1.82, 2.24) is 20.5 Å². The third kappa shape index (κ3) is 8.23. The van der Waals surface area contributed by atoms with Gasteiger partial charge in [0.05, 0.1) is 39.4 Å². The summed E-state index contributed by atoms with van der Waals surface area (Å²) in [4.78, 5) is 47.5. The summed E-state index contributed by atoms with van der Waals surface area (Å²) in [5, 5.41) is 16.4. The molecule has 3 aromatic rings. The summed E-state index contributed by atoms with van der Waals surface area (Å²) >= 11 is 1.58. The molecule has 2 aliphatic rings. The van der Waals surface area contributed by atoms with Gasteiger partial charge < -0.3 is 34.7 Å². The Hall–Kier alpha value is -3.78. The number of benzene rings is 2. The van der Waals surface area contributed by atoms with Crippen molar-refractivity contribution in [3.63, 3.8) is 0 Å². The van der Waals surface area contributed by atoms with E-state index in [9.17, 15) is 19.5 Å². The lowest BCUT2D eigenvalue weighted by Gasteiger charge is -2.35. The number of nitrogens with one attached hydrogen (secondary N) is 2. The molecule has 13 heteroatoms. The van der Waals surface area contributed by atoms with Gasteiger partial charge in [-0.1, -0.05) is 57.2 Å². The molecular formula is C37H49BN4O7S. The van der Waals surface area contributed by atoms with Crippen LogP contribution in [0.3, 0.4) is 0 Å². The minimum Gasteiger partial charge on any atom is -0.484 e. The summed E-state index contributed by atoms with van der Waals surface area (Å²) in [7, 11) is -0.514. The van der Waals surface area contributed by atoms with Crippen molar-refractivity contribution in [2.75, 3.05) is 13.2 Å². The van der Waals surface area contributed by atoms with Crippen LogP contribution in [0.1, 0.15) is 79.1 Å². The van der Waals surface area contributed by atoms with Gasteiger partial charge in [-0.2, -0.15) is 0 Å². The van der Waals surface area contributed by atoms with E-state index in [0.29, 0.717) is 5.75 Å². The molecule has 11 nitrogen and oxygen atoms in total. The first-order valence-corrected chi connectivity index (χ1v) is 17.9. The molecule has 0 saturated carbocycles. The molecule has 0 radical (unpaired) electrons. The zero-order chi connectivity index (χ0) is 36.6. The maximum Gasteiger partial charge on any atom is 0.494 e. The van der Waals surface area contributed by atoms with E-state index in [1.165, 1.54) is 4.90 Å². The molecule has 1 aromatic heterocycles. The molecule has 2 saturated heterocycles. The monoisotopic (exact) mass is 704 g/mol. The normalized spacial score (nSPS) is 21.1. The maximum atomic E-state index is 14.0. The number of nitrogens with zero attached hydrogens (tertiary/aromatic N) is 2. The van der Waals surface area contributed by atoms with E-state index in [2.05, 4.69) is 15.6 Å². The fraction of sp³-hybridized carbons (Fsp3) is 0.514. The van der Waals surface area contributed by atoms with Crippen molar-refractivity contribution in [3.05, 3.63) is 65.3 Å². The Labute approximate surface area is 299 Å². The van der Waals surface area contributed by atoms with E-state index >= 15 is 0 Å². The van der Waals surface area contributed by atoms with E-state index in [1.807, 2.05) is 104 Å². The van der Waals surface area contributed by atoms with Crippen molar-refractivity contribution >= 4 is 41.6 Å². The predicted octanol–water partition coefficient (Wildman–Crippen LogP) is 4.17. The minimum absolute atomic E-state index is 0.0116. The number of aliphatic hydroxyl groups is 1. The number of ether oxygens (including phenoxy) is 1. The molecule has 268 valence electrons. The highest BCUT2D eigenvalue weighted by atomic mass is 32.1. The Morgan fingerprint density at radius 2 is 1.66 bits per heavy atom. The SMILES string of the molecule is Cc1ncsc1-c1ccc([C@H](C)NC(=O)[C@@H]2C[C@@H](O)CN2C(=O)C(NC(=O)COc2ccc(B3OC(C)(C)C(C)(C)O3)cc2)C(C)(C)C)cc1. The molecule has 0 bridgehead atoms. The number of aryl methyl sites for hydroxylation is 1. The second kappa shape index (κ2) is 14.5. The Kier molecular flexibility index (Phi) is 10.8. The Morgan fingerprint density at radius 1 is 1.04 bits per heavy atom. The topological polar surface area (TPSA) is 139 Å². The molecule has 2 aliphatic heterocycles. The zero-order valence-corrected chi connectivity index (χ0v) is 31.2. The summed E-state index contributed by atoms with van der Waals surface area (Å²) in [5.41, 5.74) is 3.96. The average molecular weight is 705 g/mol. The minimum atomic E-state index is -0.967. The number of hydrogen-bond acceptors (Lipinski definition) is 9. The molecule has 1 unspecified atom stereocenters. The van der Waals surface area contributed by atoms with Gasteiger partial charge in [0.25, 0.3) is 5.91 Å². The summed E-state index contributed by atoms with van der Waals surface area (Å²) in [6.45, 7) is 17.0. The van der Waals surface area contributed by atoms with Crippen LogP contribution in [0, 0.1) is 12.3 Å². The van der Waals surface area contributed by atoms with Crippen molar-refractivity contribution < 1.29 is 33.5 Å². The third-order valence-corrected chi connectivity index (χ3v) is 10.8. The van der Waals surface area contributed by atoms with Crippen LogP contribution >= 0.6 is 11.3 Å². The summed E-state index contributed by atoms with van der Waals surface area (Å²) in [5.74, 6) is -0.817. The lowest BCUT2D eigenvalue weighted by Crippen LogP contribution is -2.58. The van der Waals surface area contributed by atoms with Crippen LogP contribution in [0.5, 0.6) is 5.75 Å². The molecule has 3 amide bonds. The molecule has 2 aromatic carbocycles. The van der Waals surface area contributed by atoms with Gasteiger partial charge in [0.1, 0.15) is 17.8 Å². The van der Waals surface area contributed by atoms with E-state index in [-0.39, 0.29) is 31.5 Å². The number of likely N-dealkylation sites (tertiary alicyclic amines) is 1. The number of thiazole rings is 1. The zero-order valence-electron chi connectivity index (χ0n) is 30.4. The van der Waals surface area contributed by atoms with Crippen LogP contribution < -0.4 is 20.8 Å². The number of carbonyl (C=O) groups excluding carboxylic acids is 3. The second-order valence-corrected chi connectivity index (χ2v) is 16.2. The fourth-order valence-corrected chi connectivity index (χ4v) is 6.88. The van der Waals surface area contributed by atoms with Crippen LogP contribution in [0.2, 0.25) is 0 Å². The highest BCUT2D eigenvalue weighted by Crippen LogP contribution is 2.36. The lowest BCUT2D eigenvalue weighted by molar-refractivity contribution is -0.144. The van der Waals surface area contributed by atoms with Gasteiger partial charge >= 0.3 is 7.12 Å². The van der Waals surface area contributed by atoms with Gasteiger partial charge in [0.2, 0.25) is 11.8 Å². The predicted molar refractivity (Wildman–Crippen MR) is 194 cm³/mol. The van der Waals surface area contributed by atoms with Crippen molar-refractivity contribution in [2.24, 2.45) is 5.41 Å². The maximum absolute atomic E-state index is 14.0. The quantitative estimate of drug-likeness (QED) is 0.268. The largest absolute Gasteiger partial charge is 0.494 e. The summed E-state index contributed by atoms with van der Waals surface area (Å²) in [6.07, 6.45) is -0.768. The van der Waals surface area contributed by atoms with Crippen LogP contribution in [0.15, 0.2) is 54.0 Å². The number of amides is 3. The molecule has 2 fully saturated rings. The number of aliphatic hydroxyl groups excluding tert-OH is 1. The third-order valence-electron chi connectivity index (χ3n) is 9.84. The van der Waals surface area contributed by atoms with Gasteiger partial charge in [0.15, 0.2) is 6.61 Å². The average Bonchev–Trinajstić information content (AvgIpc) is 3.72. The Balaban J connectivity index is 1.19. The molecule has 3 heterocycles. The number of hydrogen-bond donors (Lipinski definition) is 3. The number of rotatable bonds is 10. The van der Waals surface area contributed by atoms with E-state index in [0.717, 1.165) is 27.2 Å². The standard InChI is InChI=1S/C37H49BN4O7S/c1-22(24-10-12-25(13-11-24)31-23(2)39-21-50-31)40-33(45)29-18-27(43)19-42(29)34(46)32(35(3,4)5)41-30(44)20-47-28-16-14-26(15-17-28)38-48-36(6,7)37(8,9)49-38/h10-17,21-22,27,29,32,43H,18-20H2,1-9H3,(H,40,45)(H,41,44)/t22-,27+,29-,32?/m0/s1. The smallest absolute Gasteiger partial charge is 0.484 e. The van der Waals surface area contributed by atoms with Crippen molar-refractivity contribution in [2.45, 2.75) is 104 Å². The van der Waals surface area contributed by atoms with E-state index in [1.54, 1.807) is 23.5 Å². The van der Waals surface area contributed by atoms with Gasteiger partial charge in [-0.3, -0.25) is 14.4 Å². The summed E-state index contributed by atoms with van der Waals surface area (Å²) < 4.78 is 18.0. The summed E-state index contributed by atoms with van der Waals surface area (Å²) in [6, 6.07) is 12.9. The Morgan fingerprint density at radius 3 is 2.22 bits per heavy atom. The van der Waals surface area contributed by atoms with Crippen LogP contribution in [-0.4, -0.2) is 82.4 Å². The Bertz CT molecular complexity index is 1670.